The summed E-state index contributed by atoms with van der Waals surface area (Å²) in [5, 5.41) is 8.16. The van der Waals surface area contributed by atoms with Gasteiger partial charge in [0.1, 0.15) is 0 Å². The minimum atomic E-state index is -0.135. The highest BCUT2D eigenvalue weighted by atomic mass is 16.2. The quantitative estimate of drug-likeness (QED) is 0.714. The first-order chi connectivity index (χ1) is 12.1. The van der Waals surface area contributed by atoms with Gasteiger partial charge in [0.15, 0.2) is 5.69 Å². The minimum Gasteiger partial charge on any atom is -0.333 e. The number of para-hydroxylation sites is 1. The van der Waals surface area contributed by atoms with E-state index in [2.05, 4.69) is 36.3 Å². The standard InChI is InChI=1S/C20H22N4O/c1-15(2)19(16-10-6-4-7-11-16)23(3)20(25)18-14-24(22-21-18)17-12-8-5-9-13-17/h4-15,19H,1-3H3. The fourth-order valence-electron chi connectivity index (χ4n) is 3.08. The number of carbonyl (C=O) groups excluding carboxylic acids is 1. The van der Waals surface area contributed by atoms with Crippen molar-refractivity contribution in [1.82, 2.24) is 19.9 Å². The van der Waals surface area contributed by atoms with Gasteiger partial charge in [-0.05, 0) is 23.6 Å². The average Bonchev–Trinajstić information content (AvgIpc) is 3.12. The summed E-state index contributed by atoms with van der Waals surface area (Å²) in [4.78, 5) is 14.7. The van der Waals surface area contributed by atoms with Gasteiger partial charge in [-0.2, -0.15) is 0 Å². The molecule has 1 unspecified atom stereocenters. The number of aromatic nitrogens is 3. The molecule has 0 spiro atoms. The summed E-state index contributed by atoms with van der Waals surface area (Å²) in [7, 11) is 1.82. The molecule has 5 nitrogen and oxygen atoms in total. The van der Waals surface area contributed by atoms with Crippen LogP contribution in [0.15, 0.2) is 66.9 Å². The Morgan fingerprint density at radius 3 is 2.20 bits per heavy atom. The van der Waals surface area contributed by atoms with Crippen LogP contribution in [0.2, 0.25) is 0 Å². The van der Waals surface area contributed by atoms with Gasteiger partial charge in [0.2, 0.25) is 0 Å². The van der Waals surface area contributed by atoms with E-state index in [1.807, 2.05) is 55.6 Å². The van der Waals surface area contributed by atoms with Crippen LogP contribution in [0.25, 0.3) is 5.69 Å². The molecule has 0 saturated carbocycles. The monoisotopic (exact) mass is 334 g/mol. The van der Waals surface area contributed by atoms with Crippen LogP contribution in [0.3, 0.4) is 0 Å². The van der Waals surface area contributed by atoms with E-state index in [0.717, 1.165) is 11.3 Å². The van der Waals surface area contributed by atoms with Crippen LogP contribution < -0.4 is 0 Å². The molecule has 0 saturated heterocycles. The van der Waals surface area contributed by atoms with Crippen molar-refractivity contribution in [3.8, 4) is 5.69 Å². The largest absolute Gasteiger partial charge is 0.333 e. The first-order valence-electron chi connectivity index (χ1n) is 8.38. The van der Waals surface area contributed by atoms with E-state index >= 15 is 0 Å². The molecule has 0 fully saturated rings. The summed E-state index contributed by atoms with van der Waals surface area (Å²) < 4.78 is 1.62. The smallest absolute Gasteiger partial charge is 0.276 e. The fraction of sp³-hybridized carbons (Fsp3) is 0.250. The summed E-state index contributed by atoms with van der Waals surface area (Å²) in [6, 6.07) is 19.7. The Hall–Kier alpha value is -2.95. The van der Waals surface area contributed by atoms with Crippen molar-refractivity contribution in [1.29, 1.82) is 0 Å². The summed E-state index contributed by atoms with van der Waals surface area (Å²) in [5.74, 6) is 0.144. The topological polar surface area (TPSA) is 51.0 Å². The van der Waals surface area contributed by atoms with Crippen molar-refractivity contribution >= 4 is 5.91 Å². The lowest BCUT2D eigenvalue weighted by Crippen LogP contribution is -2.34. The molecule has 0 aliphatic heterocycles. The Kier molecular flexibility index (Phi) is 4.93. The number of nitrogens with zero attached hydrogens (tertiary/aromatic N) is 4. The molecule has 0 bridgehead atoms. The van der Waals surface area contributed by atoms with Crippen molar-refractivity contribution in [3.63, 3.8) is 0 Å². The molecule has 1 atom stereocenters. The highest BCUT2D eigenvalue weighted by Crippen LogP contribution is 2.28. The normalized spacial score (nSPS) is 12.2. The van der Waals surface area contributed by atoms with Crippen LogP contribution in [0.5, 0.6) is 0 Å². The van der Waals surface area contributed by atoms with E-state index < -0.39 is 0 Å². The second kappa shape index (κ2) is 7.30. The van der Waals surface area contributed by atoms with Gasteiger partial charge in [0.05, 0.1) is 17.9 Å². The molecule has 0 N–H and O–H groups in total. The second-order valence-corrected chi connectivity index (χ2v) is 6.40. The van der Waals surface area contributed by atoms with E-state index in [1.54, 1.807) is 15.8 Å². The van der Waals surface area contributed by atoms with Crippen LogP contribution in [0, 0.1) is 5.92 Å². The van der Waals surface area contributed by atoms with Gasteiger partial charge >= 0.3 is 0 Å². The van der Waals surface area contributed by atoms with E-state index in [9.17, 15) is 4.79 Å². The summed E-state index contributed by atoms with van der Waals surface area (Å²) in [6.45, 7) is 4.23. The van der Waals surface area contributed by atoms with Gasteiger partial charge in [-0.3, -0.25) is 4.79 Å². The van der Waals surface area contributed by atoms with Crippen molar-refractivity contribution in [2.45, 2.75) is 19.9 Å². The number of hydrogen-bond donors (Lipinski definition) is 0. The minimum absolute atomic E-state index is 0.0180. The molecule has 1 amide bonds. The first kappa shape index (κ1) is 16.9. The van der Waals surface area contributed by atoms with E-state index in [0.29, 0.717) is 5.69 Å². The van der Waals surface area contributed by atoms with Crippen LogP contribution in [-0.4, -0.2) is 32.8 Å². The van der Waals surface area contributed by atoms with E-state index in [1.165, 1.54) is 0 Å². The maximum atomic E-state index is 12.9. The Labute approximate surface area is 147 Å². The summed E-state index contributed by atoms with van der Waals surface area (Å²) in [6.07, 6.45) is 1.68. The maximum Gasteiger partial charge on any atom is 0.276 e. The summed E-state index contributed by atoms with van der Waals surface area (Å²) >= 11 is 0. The zero-order chi connectivity index (χ0) is 17.8. The molecule has 2 aromatic carbocycles. The molecule has 0 aliphatic rings. The van der Waals surface area contributed by atoms with Gasteiger partial charge < -0.3 is 4.90 Å². The second-order valence-electron chi connectivity index (χ2n) is 6.40. The van der Waals surface area contributed by atoms with Gasteiger partial charge in [-0.1, -0.05) is 67.6 Å². The van der Waals surface area contributed by atoms with Crippen LogP contribution in [0.1, 0.15) is 35.9 Å². The molecule has 1 aromatic heterocycles. The molecule has 5 heteroatoms. The molecule has 0 aliphatic carbocycles. The molecule has 3 aromatic rings. The maximum absolute atomic E-state index is 12.9. The molecule has 3 rings (SSSR count). The summed E-state index contributed by atoms with van der Waals surface area (Å²) in [5.41, 5.74) is 2.33. The predicted octanol–water partition coefficient (Wildman–Crippen LogP) is 3.74. The van der Waals surface area contributed by atoms with Gasteiger partial charge in [0.25, 0.3) is 5.91 Å². The molecule has 1 heterocycles. The number of hydrogen-bond acceptors (Lipinski definition) is 3. The molecule has 25 heavy (non-hydrogen) atoms. The number of amides is 1. The Morgan fingerprint density at radius 1 is 1.00 bits per heavy atom. The third-order valence-corrected chi connectivity index (χ3v) is 4.24. The Bertz CT molecular complexity index is 827. The molecular formula is C20H22N4O. The lowest BCUT2D eigenvalue weighted by Gasteiger charge is -2.31. The third-order valence-electron chi connectivity index (χ3n) is 4.24. The Morgan fingerprint density at radius 2 is 1.60 bits per heavy atom. The van der Waals surface area contributed by atoms with Crippen LogP contribution in [0.4, 0.5) is 0 Å². The highest BCUT2D eigenvalue weighted by molar-refractivity contribution is 5.92. The lowest BCUT2D eigenvalue weighted by atomic mass is 9.94. The zero-order valence-corrected chi connectivity index (χ0v) is 14.7. The number of benzene rings is 2. The van der Waals surface area contributed by atoms with Crippen molar-refractivity contribution in [2.24, 2.45) is 5.92 Å². The van der Waals surface area contributed by atoms with Crippen molar-refractivity contribution in [3.05, 3.63) is 78.1 Å². The lowest BCUT2D eigenvalue weighted by molar-refractivity contribution is 0.0681. The van der Waals surface area contributed by atoms with Crippen molar-refractivity contribution < 1.29 is 4.79 Å². The first-order valence-corrected chi connectivity index (χ1v) is 8.38. The zero-order valence-electron chi connectivity index (χ0n) is 14.7. The van der Waals surface area contributed by atoms with Crippen LogP contribution in [-0.2, 0) is 0 Å². The van der Waals surface area contributed by atoms with E-state index in [-0.39, 0.29) is 17.9 Å². The van der Waals surface area contributed by atoms with Gasteiger partial charge in [0, 0.05) is 7.05 Å². The fourth-order valence-corrected chi connectivity index (χ4v) is 3.08. The van der Waals surface area contributed by atoms with Crippen LogP contribution >= 0.6 is 0 Å². The molecular weight excluding hydrogens is 312 g/mol. The predicted molar refractivity (Wildman–Crippen MR) is 97.5 cm³/mol. The number of carbonyl (C=O) groups is 1. The van der Waals surface area contributed by atoms with Gasteiger partial charge in [-0.15, -0.1) is 5.10 Å². The number of rotatable bonds is 5. The Balaban J connectivity index is 1.85. The van der Waals surface area contributed by atoms with Crippen molar-refractivity contribution in [2.75, 3.05) is 7.05 Å². The SMILES string of the molecule is CC(C)C(c1ccccc1)N(C)C(=O)c1cn(-c2ccccc2)nn1. The third kappa shape index (κ3) is 3.60. The molecule has 0 radical (unpaired) electrons. The average molecular weight is 334 g/mol. The molecule has 128 valence electrons. The highest BCUT2D eigenvalue weighted by Gasteiger charge is 2.27. The van der Waals surface area contributed by atoms with E-state index in [4.69, 9.17) is 0 Å². The van der Waals surface area contributed by atoms with Gasteiger partial charge in [-0.25, -0.2) is 4.68 Å².